The molecular weight excluding hydrogens is 184 g/mol. The maximum Gasteiger partial charge on any atom is 0.240 e. The zero-order valence-electron chi connectivity index (χ0n) is 9.09. The number of hydrogen-bond donors (Lipinski definition) is 2. The minimum absolute atomic E-state index is 0.0784. The van der Waals surface area contributed by atoms with E-state index >= 15 is 0 Å². The first-order valence-electron chi connectivity index (χ1n) is 4.59. The summed E-state index contributed by atoms with van der Waals surface area (Å²) in [6, 6.07) is 0. The molecule has 0 aliphatic carbocycles. The van der Waals surface area contributed by atoms with Gasteiger partial charge in [-0.2, -0.15) is 0 Å². The minimum Gasteiger partial charge on any atom is -0.359 e. The maximum absolute atomic E-state index is 11.3. The van der Waals surface area contributed by atoms with Crippen molar-refractivity contribution in [3.05, 3.63) is 0 Å². The van der Waals surface area contributed by atoms with Crippen molar-refractivity contribution in [3.8, 4) is 0 Å². The summed E-state index contributed by atoms with van der Waals surface area (Å²) >= 11 is 0. The second-order valence-corrected chi connectivity index (χ2v) is 3.43. The Morgan fingerprint density at radius 1 is 1.36 bits per heavy atom. The standard InChI is InChI=1S/C9H18N2O3/c1-6(2)8(9(13)10-4)5-14-11-7(3)12/h6,8H,5H2,1-4H3,(H,10,13)(H,11,12)/t8-/m0/s1. The van der Waals surface area contributed by atoms with Crippen molar-refractivity contribution in [3.63, 3.8) is 0 Å². The van der Waals surface area contributed by atoms with Gasteiger partial charge in [-0.15, -0.1) is 0 Å². The maximum atomic E-state index is 11.3. The first-order valence-corrected chi connectivity index (χ1v) is 4.59. The van der Waals surface area contributed by atoms with E-state index in [-0.39, 0.29) is 30.3 Å². The Bertz CT molecular complexity index is 204. The molecule has 0 bridgehead atoms. The van der Waals surface area contributed by atoms with E-state index in [4.69, 9.17) is 4.84 Å². The molecule has 0 rings (SSSR count). The highest BCUT2D eigenvalue weighted by atomic mass is 16.6. The predicted octanol–water partition coefficient (Wildman–Crippen LogP) is 0.0723. The van der Waals surface area contributed by atoms with E-state index in [0.717, 1.165) is 0 Å². The van der Waals surface area contributed by atoms with Crippen LogP contribution in [-0.4, -0.2) is 25.5 Å². The Morgan fingerprint density at radius 3 is 2.29 bits per heavy atom. The Hall–Kier alpha value is -1.10. The van der Waals surface area contributed by atoms with Gasteiger partial charge in [0.15, 0.2) is 0 Å². The lowest BCUT2D eigenvalue weighted by Crippen LogP contribution is -2.36. The lowest BCUT2D eigenvalue weighted by molar-refractivity contribution is -0.138. The second-order valence-electron chi connectivity index (χ2n) is 3.43. The van der Waals surface area contributed by atoms with Crippen LogP contribution in [0.25, 0.3) is 0 Å². The summed E-state index contributed by atoms with van der Waals surface area (Å²) in [5.41, 5.74) is 2.19. The van der Waals surface area contributed by atoms with Crippen LogP contribution in [0.15, 0.2) is 0 Å². The van der Waals surface area contributed by atoms with Crippen molar-refractivity contribution < 1.29 is 14.4 Å². The highest BCUT2D eigenvalue weighted by Gasteiger charge is 2.21. The molecule has 2 amide bonds. The van der Waals surface area contributed by atoms with Gasteiger partial charge in [0.1, 0.15) is 0 Å². The van der Waals surface area contributed by atoms with E-state index in [1.165, 1.54) is 6.92 Å². The van der Waals surface area contributed by atoms with Gasteiger partial charge < -0.3 is 5.32 Å². The van der Waals surface area contributed by atoms with Gasteiger partial charge in [0.05, 0.1) is 12.5 Å². The fraction of sp³-hybridized carbons (Fsp3) is 0.778. The SMILES string of the molecule is CNC(=O)[C@@H](CONC(C)=O)C(C)C. The Labute approximate surface area is 84.1 Å². The lowest BCUT2D eigenvalue weighted by Gasteiger charge is -2.18. The molecule has 0 saturated carbocycles. The van der Waals surface area contributed by atoms with E-state index in [2.05, 4.69) is 10.8 Å². The van der Waals surface area contributed by atoms with Crippen LogP contribution in [0.5, 0.6) is 0 Å². The fourth-order valence-electron chi connectivity index (χ4n) is 0.989. The van der Waals surface area contributed by atoms with Crippen molar-refractivity contribution in [2.45, 2.75) is 20.8 Å². The topological polar surface area (TPSA) is 67.4 Å². The van der Waals surface area contributed by atoms with E-state index < -0.39 is 0 Å². The highest BCUT2D eigenvalue weighted by molar-refractivity contribution is 5.78. The van der Waals surface area contributed by atoms with Crippen LogP contribution < -0.4 is 10.8 Å². The molecule has 5 heteroatoms. The van der Waals surface area contributed by atoms with Crippen LogP contribution in [-0.2, 0) is 14.4 Å². The molecule has 0 saturated heterocycles. The summed E-state index contributed by atoms with van der Waals surface area (Å²) in [4.78, 5) is 26.7. The van der Waals surface area contributed by atoms with Gasteiger partial charge in [-0.3, -0.25) is 14.4 Å². The monoisotopic (exact) mass is 202 g/mol. The van der Waals surface area contributed by atoms with Gasteiger partial charge in [0.2, 0.25) is 11.8 Å². The van der Waals surface area contributed by atoms with E-state index in [1.54, 1.807) is 7.05 Å². The van der Waals surface area contributed by atoms with Gasteiger partial charge in [0, 0.05) is 14.0 Å². The zero-order valence-corrected chi connectivity index (χ0v) is 9.09. The van der Waals surface area contributed by atoms with Crippen molar-refractivity contribution in [1.29, 1.82) is 0 Å². The highest BCUT2D eigenvalue weighted by Crippen LogP contribution is 2.10. The van der Waals surface area contributed by atoms with Crippen molar-refractivity contribution in [1.82, 2.24) is 10.8 Å². The molecule has 2 N–H and O–H groups in total. The second kappa shape index (κ2) is 6.37. The van der Waals surface area contributed by atoms with Crippen LogP contribution in [0.4, 0.5) is 0 Å². The van der Waals surface area contributed by atoms with Gasteiger partial charge in [0.25, 0.3) is 0 Å². The predicted molar refractivity (Wildman–Crippen MR) is 52.2 cm³/mol. The number of carbonyl (C=O) groups excluding carboxylic acids is 2. The molecule has 0 heterocycles. The number of hydroxylamine groups is 1. The summed E-state index contributed by atoms with van der Waals surface area (Å²) in [7, 11) is 1.58. The molecule has 0 aromatic rings. The minimum atomic E-state index is -0.274. The average molecular weight is 202 g/mol. The summed E-state index contributed by atoms with van der Waals surface area (Å²) in [6.07, 6.45) is 0. The van der Waals surface area contributed by atoms with Gasteiger partial charge in [-0.1, -0.05) is 13.8 Å². The fourth-order valence-corrected chi connectivity index (χ4v) is 0.989. The van der Waals surface area contributed by atoms with Crippen molar-refractivity contribution in [2.75, 3.05) is 13.7 Å². The van der Waals surface area contributed by atoms with Crippen molar-refractivity contribution >= 4 is 11.8 Å². The smallest absolute Gasteiger partial charge is 0.240 e. The summed E-state index contributed by atoms with van der Waals surface area (Å²) < 4.78 is 0. The van der Waals surface area contributed by atoms with Gasteiger partial charge in [-0.25, -0.2) is 5.48 Å². The van der Waals surface area contributed by atoms with Crippen molar-refractivity contribution in [2.24, 2.45) is 11.8 Å². The van der Waals surface area contributed by atoms with Crippen LogP contribution in [0.2, 0.25) is 0 Å². The van der Waals surface area contributed by atoms with Gasteiger partial charge in [-0.05, 0) is 5.92 Å². The third-order valence-corrected chi connectivity index (χ3v) is 1.87. The number of carbonyl (C=O) groups is 2. The summed E-state index contributed by atoms with van der Waals surface area (Å²) in [5.74, 6) is -0.426. The molecule has 0 aliphatic rings. The Balaban J connectivity index is 3.98. The molecule has 0 spiro atoms. The molecule has 82 valence electrons. The average Bonchev–Trinajstić information content (AvgIpc) is 2.10. The third-order valence-electron chi connectivity index (χ3n) is 1.87. The molecule has 0 radical (unpaired) electrons. The normalized spacial score (nSPS) is 12.4. The number of hydrogen-bond acceptors (Lipinski definition) is 3. The molecule has 1 atom stereocenters. The number of rotatable bonds is 5. The molecule has 0 aromatic carbocycles. The van der Waals surface area contributed by atoms with Crippen LogP contribution in [0.3, 0.4) is 0 Å². The molecule has 0 aliphatic heterocycles. The molecule has 14 heavy (non-hydrogen) atoms. The Morgan fingerprint density at radius 2 is 1.93 bits per heavy atom. The number of nitrogens with one attached hydrogen (secondary N) is 2. The largest absolute Gasteiger partial charge is 0.359 e. The van der Waals surface area contributed by atoms with Crippen LogP contribution in [0, 0.1) is 11.8 Å². The van der Waals surface area contributed by atoms with E-state index in [9.17, 15) is 9.59 Å². The lowest BCUT2D eigenvalue weighted by atomic mass is 9.96. The first kappa shape index (κ1) is 12.9. The molecule has 0 fully saturated rings. The van der Waals surface area contributed by atoms with E-state index in [0.29, 0.717) is 0 Å². The third kappa shape index (κ3) is 4.81. The van der Waals surface area contributed by atoms with Gasteiger partial charge >= 0.3 is 0 Å². The van der Waals surface area contributed by atoms with Crippen LogP contribution in [0.1, 0.15) is 20.8 Å². The quantitative estimate of drug-likeness (QED) is 0.620. The first-order chi connectivity index (χ1) is 6.49. The molecular formula is C9H18N2O3. The van der Waals surface area contributed by atoms with E-state index in [1.807, 2.05) is 13.8 Å². The Kier molecular flexibility index (Phi) is 5.87. The molecule has 0 aromatic heterocycles. The number of amides is 2. The molecule has 5 nitrogen and oxygen atoms in total. The summed E-state index contributed by atoms with van der Waals surface area (Å²) in [5, 5.41) is 2.55. The molecule has 0 unspecified atom stereocenters. The van der Waals surface area contributed by atoms with Crippen LogP contribution >= 0.6 is 0 Å². The summed E-state index contributed by atoms with van der Waals surface area (Å²) in [6.45, 7) is 5.40. The zero-order chi connectivity index (χ0) is 11.1.